The standard InChI is InChI=1S/C18H15ClN2O4/c1-17-7-12(22)18(25-17)4-5-24-16-14(18)13(17)15(23)21(16)10-3-2-9(8-20)11(19)6-10/h2-3,6,13-14,16H,4-5,7H2,1H3/t13-,14+,16+,17-,18+/m1/s1. The number of hydrogen-bond donors (Lipinski definition) is 0. The number of fused-ring (bicyclic) bond motifs is 2. The Bertz CT molecular complexity index is 880. The van der Waals surface area contributed by atoms with Crippen LogP contribution in [0.2, 0.25) is 5.02 Å². The number of carbonyl (C=O) groups excluding carboxylic acids is 2. The second kappa shape index (κ2) is 4.61. The Morgan fingerprint density at radius 3 is 2.92 bits per heavy atom. The van der Waals surface area contributed by atoms with E-state index in [1.165, 1.54) is 0 Å². The van der Waals surface area contributed by atoms with Gasteiger partial charge in [-0.25, -0.2) is 0 Å². The fourth-order valence-corrected chi connectivity index (χ4v) is 5.40. The summed E-state index contributed by atoms with van der Waals surface area (Å²) in [5, 5.41) is 9.33. The molecule has 25 heavy (non-hydrogen) atoms. The summed E-state index contributed by atoms with van der Waals surface area (Å²) < 4.78 is 12.1. The van der Waals surface area contributed by atoms with Crippen LogP contribution in [0.15, 0.2) is 18.2 Å². The van der Waals surface area contributed by atoms with E-state index in [1.54, 1.807) is 23.1 Å². The van der Waals surface area contributed by atoms with Crippen molar-refractivity contribution < 1.29 is 19.1 Å². The molecule has 1 spiro atoms. The summed E-state index contributed by atoms with van der Waals surface area (Å²) in [6.45, 7) is 2.22. The van der Waals surface area contributed by atoms with Gasteiger partial charge in [-0.2, -0.15) is 5.26 Å². The van der Waals surface area contributed by atoms with E-state index in [0.717, 1.165) is 0 Å². The molecule has 0 aliphatic carbocycles. The molecule has 4 aliphatic rings. The minimum Gasteiger partial charge on any atom is -0.359 e. The first-order chi connectivity index (χ1) is 11.9. The Hall–Kier alpha value is -1.94. The average Bonchev–Trinajstić information content (AvgIpc) is 3.11. The van der Waals surface area contributed by atoms with Crippen molar-refractivity contribution in [2.24, 2.45) is 11.8 Å². The number of nitriles is 1. The Labute approximate surface area is 149 Å². The van der Waals surface area contributed by atoms with E-state index in [2.05, 4.69) is 0 Å². The van der Waals surface area contributed by atoms with Gasteiger partial charge in [-0.05, 0) is 25.1 Å². The largest absolute Gasteiger partial charge is 0.359 e. The first-order valence-electron chi connectivity index (χ1n) is 8.29. The number of amides is 1. The first kappa shape index (κ1) is 15.3. The highest BCUT2D eigenvalue weighted by Gasteiger charge is 2.78. The van der Waals surface area contributed by atoms with Gasteiger partial charge in [-0.3, -0.25) is 14.5 Å². The number of ether oxygens (including phenoxy) is 2. The SMILES string of the molecule is C[C@@]12CC(=O)[C@]3(CCO[C@H]4[C@@H]3[C@@H]1C(=O)N4c1ccc(C#N)c(Cl)c1)O2. The molecule has 4 aliphatic heterocycles. The summed E-state index contributed by atoms with van der Waals surface area (Å²) in [6, 6.07) is 6.91. The van der Waals surface area contributed by atoms with Gasteiger partial charge in [0, 0.05) is 18.5 Å². The molecular weight excluding hydrogens is 344 g/mol. The van der Waals surface area contributed by atoms with Crippen LogP contribution in [0.3, 0.4) is 0 Å². The van der Waals surface area contributed by atoms with Gasteiger partial charge in [0.2, 0.25) is 5.91 Å². The molecule has 0 unspecified atom stereocenters. The number of nitrogens with zero attached hydrogens (tertiary/aromatic N) is 2. The zero-order valence-electron chi connectivity index (χ0n) is 13.5. The zero-order chi connectivity index (χ0) is 17.6. The fourth-order valence-electron chi connectivity index (χ4n) is 5.18. The topological polar surface area (TPSA) is 79.6 Å². The number of carbonyl (C=O) groups is 2. The monoisotopic (exact) mass is 358 g/mol. The maximum absolute atomic E-state index is 13.2. The predicted molar refractivity (Wildman–Crippen MR) is 86.8 cm³/mol. The lowest BCUT2D eigenvalue weighted by Gasteiger charge is -2.40. The van der Waals surface area contributed by atoms with E-state index < -0.39 is 23.3 Å². The Kier molecular flexibility index (Phi) is 2.83. The van der Waals surface area contributed by atoms with Crippen molar-refractivity contribution in [2.45, 2.75) is 37.2 Å². The van der Waals surface area contributed by atoms with Gasteiger partial charge >= 0.3 is 0 Å². The third-order valence-electron chi connectivity index (χ3n) is 6.13. The van der Waals surface area contributed by atoms with Crippen molar-refractivity contribution >= 4 is 29.0 Å². The van der Waals surface area contributed by atoms with Crippen molar-refractivity contribution in [2.75, 3.05) is 11.5 Å². The summed E-state index contributed by atoms with van der Waals surface area (Å²) >= 11 is 6.15. The van der Waals surface area contributed by atoms with Crippen LogP contribution in [0.5, 0.6) is 0 Å². The maximum Gasteiger partial charge on any atom is 0.235 e. The summed E-state index contributed by atoms with van der Waals surface area (Å²) in [6.07, 6.45) is 0.226. The number of rotatable bonds is 1. The number of anilines is 1. The highest BCUT2D eigenvalue weighted by molar-refractivity contribution is 6.32. The van der Waals surface area contributed by atoms with Crippen LogP contribution in [0.1, 0.15) is 25.3 Å². The van der Waals surface area contributed by atoms with Gasteiger partial charge in [0.05, 0.1) is 34.6 Å². The number of Topliss-reactive ketones (excluding diaryl/α,β-unsaturated/α-hetero) is 1. The minimum atomic E-state index is -0.900. The molecular formula is C18H15ClN2O4. The van der Waals surface area contributed by atoms with E-state index in [-0.39, 0.29) is 29.1 Å². The third kappa shape index (κ3) is 1.66. The molecule has 7 heteroatoms. The lowest BCUT2D eigenvalue weighted by atomic mass is 9.65. The lowest BCUT2D eigenvalue weighted by molar-refractivity contribution is -0.158. The molecule has 5 atom stereocenters. The molecule has 0 radical (unpaired) electrons. The molecule has 0 saturated carbocycles. The highest BCUT2D eigenvalue weighted by atomic mass is 35.5. The fraction of sp³-hybridized carbons (Fsp3) is 0.500. The van der Waals surface area contributed by atoms with Crippen molar-refractivity contribution in [3.05, 3.63) is 28.8 Å². The van der Waals surface area contributed by atoms with Gasteiger partial charge < -0.3 is 9.47 Å². The number of halogens is 1. The van der Waals surface area contributed by atoms with E-state index >= 15 is 0 Å². The van der Waals surface area contributed by atoms with Crippen molar-refractivity contribution in [1.29, 1.82) is 5.26 Å². The van der Waals surface area contributed by atoms with Crippen molar-refractivity contribution in [3.8, 4) is 6.07 Å². The second-order valence-electron chi connectivity index (χ2n) is 7.40. The van der Waals surface area contributed by atoms with Gasteiger partial charge in [0.25, 0.3) is 0 Å². The smallest absolute Gasteiger partial charge is 0.235 e. The normalized spacial score (nSPS) is 41.2. The van der Waals surface area contributed by atoms with E-state index in [0.29, 0.717) is 24.3 Å². The molecule has 0 N–H and O–H groups in total. The molecule has 6 nitrogen and oxygen atoms in total. The van der Waals surface area contributed by atoms with Gasteiger partial charge in [-0.15, -0.1) is 0 Å². The van der Waals surface area contributed by atoms with Gasteiger partial charge in [-0.1, -0.05) is 11.6 Å². The molecule has 4 heterocycles. The average molecular weight is 359 g/mol. The summed E-state index contributed by atoms with van der Waals surface area (Å²) in [5.41, 5.74) is -0.733. The van der Waals surface area contributed by atoms with Crippen molar-refractivity contribution in [1.82, 2.24) is 0 Å². The Morgan fingerprint density at radius 2 is 2.20 bits per heavy atom. The predicted octanol–water partition coefficient (Wildman–Crippen LogP) is 2.04. The second-order valence-corrected chi connectivity index (χ2v) is 7.81. The number of ketones is 1. The third-order valence-corrected chi connectivity index (χ3v) is 6.45. The van der Waals surface area contributed by atoms with Crippen LogP contribution in [0, 0.1) is 23.2 Å². The lowest BCUT2D eigenvalue weighted by Crippen LogP contribution is -2.55. The van der Waals surface area contributed by atoms with Crippen LogP contribution >= 0.6 is 11.6 Å². The molecule has 5 rings (SSSR count). The van der Waals surface area contributed by atoms with Crippen LogP contribution in [-0.4, -0.2) is 35.7 Å². The molecule has 1 amide bonds. The van der Waals surface area contributed by atoms with Crippen LogP contribution in [0.4, 0.5) is 5.69 Å². The molecule has 1 aromatic rings. The Morgan fingerprint density at radius 1 is 1.40 bits per heavy atom. The molecule has 1 aromatic carbocycles. The maximum atomic E-state index is 13.2. The molecule has 4 saturated heterocycles. The molecule has 0 aromatic heterocycles. The van der Waals surface area contributed by atoms with Crippen LogP contribution in [0.25, 0.3) is 0 Å². The summed E-state index contributed by atoms with van der Waals surface area (Å²) in [5.74, 6) is -0.717. The van der Waals surface area contributed by atoms with E-state index in [9.17, 15) is 9.59 Å². The minimum absolute atomic E-state index is 0.0806. The van der Waals surface area contributed by atoms with E-state index in [4.69, 9.17) is 26.3 Å². The summed E-state index contributed by atoms with van der Waals surface area (Å²) in [7, 11) is 0. The quantitative estimate of drug-likeness (QED) is 0.767. The molecule has 4 fully saturated rings. The molecule has 128 valence electrons. The number of benzene rings is 1. The number of hydrogen-bond acceptors (Lipinski definition) is 5. The molecule has 2 bridgehead atoms. The Balaban J connectivity index is 1.63. The van der Waals surface area contributed by atoms with Crippen molar-refractivity contribution in [3.63, 3.8) is 0 Å². The van der Waals surface area contributed by atoms with Gasteiger partial charge in [0.1, 0.15) is 17.9 Å². The van der Waals surface area contributed by atoms with Crippen LogP contribution in [-0.2, 0) is 19.1 Å². The zero-order valence-corrected chi connectivity index (χ0v) is 14.2. The summed E-state index contributed by atoms with van der Waals surface area (Å²) in [4.78, 5) is 27.5. The van der Waals surface area contributed by atoms with Gasteiger partial charge in [0.15, 0.2) is 5.78 Å². The highest BCUT2D eigenvalue weighted by Crippen LogP contribution is 2.63. The van der Waals surface area contributed by atoms with Crippen LogP contribution < -0.4 is 4.90 Å². The first-order valence-corrected chi connectivity index (χ1v) is 8.67. The van der Waals surface area contributed by atoms with E-state index in [1.807, 2.05) is 13.0 Å².